The summed E-state index contributed by atoms with van der Waals surface area (Å²) in [6, 6.07) is 22.4. The SMILES string of the molecule is COc1cccc(COc2ccc3c(c2)c(CC(=O)NC2CCCCC2)cn3Cc2cccc(OC)c2)c1. The van der Waals surface area contributed by atoms with Crippen LogP contribution in [0.15, 0.2) is 72.9 Å². The van der Waals surface area contributed by atoms with E-state index in [4.69, 9.17) is 14.2 Å². The Hall–Kier alpha value is -3.93. The topological polar surface area (TPSA) is 61.7 Å². The van der Waals surface area contributed by atoms with E-state index < -0.39 is 0 Å². The molecule has 1 N–H and O–H groups in total. The average molecular weight is 513 g/mol. The van der Waals surface area contributed by atoms with Crippen molar-refractivity contribution >= 4 is 16.8 Å². The lowest BCUT2D eigenvalue weighted by Crippen LogP contribution is -2.37. The van der Waals surface area contributed by atoms with Crippen LogP contribution in [0.25, 0.3) is 10.9 Å². The van der Waals surface area contributed by atoms with Crippen molar-refractivity contribution in [2.45, 2.75) is 57.7 Å². The van der Waals surface area contributed by atoms with Crippen molar-refractivity contribution in [3.63, 3.8) is 0 Å². The Morgan fingerprint density at radius 2 is 1.58 bits per heavy atom. The molecule has 1 saturated carbocycles. The number of nitrogens with zero attached hydrogens (tertiary/aromatic N) is 1. The molecule has 0 aliphatic heterocycles. The highest BCUT2D eigenvalue weighted by Crippen LogP contribution is 2.29. The minimum Gasteiger partial charge on any atom is -0.497 e. The fourth-order valence-corrected chi connectivity index (χ4v) is 5.31. The number of carbonyl (C=O) groups excluding carboxylic acids is 1. The van der Waals surface area contributed by atoms with Crippen LogP contribution < -0.4 is 19.5 Å². The number of ether oxygens (including phenoxy) is 3. The van der Waals surface area contributed by atoms with Gasteiger partial charge in [0.25, 0.3) is 0 Å². The first-order valence-corrected chi connectivity index (χ1v) is 13.4. The van der Waals surface area contributed by atoms with E-state index in [1.54, 1.807) is 14.2 Å². The van der Waals surface area contributed by atoms with Gasteiger partial charge >= 0.3 is 0 Å². The highest BCUT2D eigenvalue weighted by molar-refractivity contribution is 5.90. The van der Waals surface area contributed by atoms with Crippen LogP contribution >= 0.6 is 0 Å². The quantitative estimate of drug-likeness (QED) is 0.272. The molecular weight excluding hydrogens is 476 g/mol. The van der Waals surface area contributed by atoms with Crippen LogP contribution in [0.5, 0.6) is 17.2 Å². The first kappa shape index (κ1) is 25.7. The summed E-state index contributed by atoms with van der Waals surface area (Å²) in [4.78, 5) is 13.1. The maximum absolute atomic E-state index is 13.1. The minimum absolute atomic E-state index is 0.0834. The lowest BCUT2D eigenvalue weighted by Gasteiger charge is -2.22. The van der Waals surface area contributed by atoms with Crippen LogP contribution in [-0.4, -0.2) is 30.7 Å². The molecule has 6 heteroatoms. The Kier molecular flexibility index (Phi) is 8.17. The highest BCUT2D eigenvalue weighted by Gasteiger charge is 2.18. The monoisotopic (exact) mass is 512 g/mol. The van der Waals surface area contributed by atoms with E-state index in [0.29, 0.717) is 25.6 Å². The largest absolute Gasteiger partial charge is 0.497 e. The van der Waals surface area contributed by atoms with Gasteiger partial charge in [-0.3, -0.25) is 4.79 Å². The summed E-state index contributed by atoms with van der Waals surface area (Å²) in [6.07, 6.45) is 8.26. The van der Waals surface area contributed by atoms with Crippen LogP contribution in [0.2, 0.25) is 0 Å². The third-order valence-corrected chi connectivity index (χ3v) is 7.28. The Balaban J connectivity index is 1.40. The van der Waals surface area contributed by atoms with Gasteiger partial charge in [0.1, 0.15) is 23.9 Å². The van der Waals surface area contributed by atoms with Gasteiger partial charge in [0, 0.05) is 29.7 Å². The molecule has 0 saturated heterocycles. The molecular formula is C32H36N2O4. The number of rotatable bonds is 10. The van der Waals surface area contributed by atoms with Crippen molar-refractivity contribution in [1.82, 2.24) is 9.88 Å². The second kappa shape index (κ2) is 12.1. The maximum Gasteiger partial charge on any atom is 0.224 e. The number of amides is 1. The zero-order valence-electron chi connectivity index (χ0n) is 22.2. The Bertz CT molecular complexity index is 1390. The zero-order chi connectivity index (χ0) is 26.3. The van der Waals surface area contributed by atoms with Crippen molar-refractivity contribution in [1.29, 1.82) is 0 Å². The average Bonchev–Trinajstić information content (AvgIpc) is 3.28. The Morgan fingerprint density at radius 3 is 2.32 bits per heavy atom. The predicted molar refractivity (Wildman–Crippen MR) is 150 cm³/mol. The van der Waals surface area contributed by atoms with Gasteiger partial charge in [-0.25, -0.2) is 0 Å². The molecule has 1 amide bonds. The van der Waals surface area contributed by atoms with Gasteiger partial charge in [-0.1, -0.05) is 43.5 Å². The van der Waals surface area contributed by atoms with E-state index in [0.717, 1.165) is 57.7 Å². The molecule has 1 heterocycles. The molecule has 38 heavy (non-hydrogen) atoms. The fraction of sp³-hybridized carbons (Fsp3) is 0.344. The van der Waals surface area contributed by atoms with Gasteiger partial charge in [-0.2, -0.15) is 0 Å². The normalized spacial score (nSPS) is 13.8. The number of nitrogens with one attached hydrogen (secondary N) is 1. The molecule has 0 unspecified atom stereocenters. The molecule has 3 aromatic carbocycles. The van der Waals surface area contributed by atoms with Crippen LogP contribution in [0.1, 0.15) is 48.8 Å². The molecule has 198 valence electrons. The number of hydrogen-bond donors (Lipinski definition) is 1. The van der Waals surface area contributed by atoms with E-state index >= 15 is 0 Å². The van der Waals surface area contributed by atoms with Gasteiger partial charge in [-0.05, 0) is 72.0 Å². The van der Waals surface area contributed by atoms with Crippen molar-refractivity contribution in [3.05, 3.63) is 89.6 Å². The van der Waals surface area contributed by atoms with E-state index in [9.17, 15) is 4.79 Å². The number of aromatic nitrogens is 1. The summed E-state index contributed by atoms with van der Waals surface area (Å²) in [5.74, 6) is 2.50. The molecule has 0 radical (unpaired) electrons. The van der Waals surface area contributed by atoms with Gasteiger partial charge in [0.05, 0.1) is 20.6 Å². The molecule has 1 aliphatic rings. The van der Waals surface area contributed by atoms with Gasteiger partial charge in [0.2, 0.25) is 5.91 Å². The summed E-state index contributed by atoms with van der Waals surface area (Å²) < 4.78 is 19.1. The standard InChI is InChI=1S/C32H36N2O4/c1-36-27-12-6-8-23(16-27)20-34-21-25(18-32(35)33-26-10-4-3-5-11-26)30-19-29(14-15-31(30)34)38-22-24-9-7-13-28(17-24)37-2/h6-9,12-17,19,21,26H,3-5,10-11,18,20,22H2,1-2H3,(H,33,35). The fourth-order valence-electron chi connectivity index (χ4n) is 5.31. The summed E-state index contributed by atoms with van der Waals surface area (Å²) in [6.45, 7) is 1.12. The second-order valence-corrected chi connectivity index (χ2v) is 10.0. The summed E-state index contributed by atoms with van der Waals surface area (Å²) in [5.41, 5.74) is 4.25. The van der Waals surface area contributed by atoms with Crippen molar-refractivity contribution in [3.8, 4) is 17.2 Å². The summed E-state index contributed by atoms with van der Waals surface area (Å²) in [5, 5.41) is 4.31. The number of carbonyl (C=O) groups is 1. The van der Waals surface area contributed by atoms with Crippen molar-refractivity contribution in [2.75, 3.05) is 14.2 Å². The lowest BCUT2D eigenvalue weighted by atomic mass is 9.95. The molecule has 0 atom stereocenters. The number of fused-ring (bicyclic) bond motifs is 1. The zero-order valence-corrected chi connectivity index (χ0v) is 22.2. The molecule has 1 fully saturated rings. The van der Waals surface area contributed by atoms with E-state index in [1.165, 1.54) is 19.3 Å². The molecule has 4 aromatic rings. The molecule has 1 aromatic heterocycles. The van der Waals surface area contributed by atoms with E-state index in [2.05, 4.69) is 34.3 Å². The van der Waals surface area contributed by atoms with Crippen LogP contribution in [0.4, 0.5) is 0 Å². The number of benzene rings is 3. The third-order valence-electron chi connectivity index (χ3n) is 7.28. The number of methoxy groups -OCH3 is 2. The van der Waals surface area contributed by atoms with Crippen molar-refractivity contribution in [2.24, 2.45) is 0 Å². The van der Waals surface area contributed by atoms with Gasteiger partial charge in [-0.15, -0.1) is 0 Å². The van der Waals surface area contributed by atoms with E-state index in [1.807, 2.05) is 48.5 Å². The smallest absolute Gasteiger partial charge is 0.224 e. The van der Waals surface area contributed by atoms with Crippen molar-refractivity contribution < 1.29 is 19.0 Å². The molecule has 5 rings (SSSR count). The molecule has 1 aliphatic carbocycles. The van der Waals surface area contributed by atoms with Gasteiger partial charge in [0.15, 0.2) is 0 Å². The first-order valence-electron chi connectivity index (χ1n) is 13.4. The molecule has 0 spiro atoms. The van der Waals surface area contributed by atoms with Crippen LogP contribution in [-0.2, 0) is 24.4 Å². The van der Waals surface area contributed by atoms with Crippen LogP contribution in [0, 0.1) is 0 Å². The molecule has 0 bridgehead atoms. The maximum atomic E-state index is 13.1. The van der Waals surface area contributed by atoms with E-state index in [-0.39, 0.29) is 5.91 Å². The third kappa shape index (κ3) is 6.31. The Labute approximate surface area is 224 Å². The van der Waals surface area contributed by atoms with Crippen LogP contribution in [0.3, 0.4) is 0 Å². The summed E-state index contributed by atoms with van der Waals surface area (Å²) >= 11 is 0. The number of hydrogen-bond acceptors (Lipinski definition) is 4. The second-order valence-electron chi connectivity index (χ2n) is 10.0. The Morgan fingerprint density at radius 1 is 0.868 bits per heavy atom. The van der Waals surface area contributed by atoms with Gasteiger partial charge < -0.3 is 24.1 Å². The molecule has 6 nitrogen and oxygen atoms in total. The predicted octanol–water partition coefficient (Wildman–Crippen LogP) is 6.28. The lowest BCUT2D eigenvalue weighted by molar-refractivity contribution is -0.121. The first-order chi connectivity index (χ1) is 18.6. The minimum atomic E-state index is 0.0834. The summed E-state index contributed by atoms with van der Waals surface area (Å²) in [7, 11) is 3.34. The highest BCUT2D eigenvalue weighted by atomic mass is 16.5.